The maximum Gasteiger partial charge on any atom is 0.329 e. The number of hydrogen-bond donors (Lipinski definition) is 9. The molecule has 0 radical (unpaired) electrons. The van der Waals surface area contributed by atoms with Gasteiger partial charge in [-0.3, -0.25) is 52.9 Å². The second-order valence-corrected chi connectivity index (χ2v) is 36.1. The Hall–Kier alpha value is -9.40. The number of rotatable bonds is 44. The predicted molar refractivity (Wildman–Crippen MR) is 453 cm³/mol. The highest BCUT2D eigenvalue weighted by atomic mass is 16.6. The van der Waals surface area contributed by atoms with E-state index in [-0.39, 0.29) is 143 Å². The fourth-order valence-electron chi connectivity index (χ4n) is 16.4. The molecule has 10 amide bonds. The minimum Gasteiger partial charge on any atom is -0.480 e. The van der Waals surface area contributed by atoms with Gasteiger partial charge in [0.25, 0.3) is 0 Å². The summed E-state index contributed by atoms with van der Waals surface area (Å²) in [6, 6.07) is 12.6. The first-order chi connectivity index (χ1) is 58.0. The zero-order valence-electron chi connectivity index (χ0n) is 73.3. The first-order valence-corrected chi connectivity index (χ1v) is 44.1. The van der Waals surface area contributed by atoms with Crippen LogP contribution in [0.15, 0.2) is 67.0 Å². The molecule has 1 saturated heterocycles. The van der Waals surface area contributed by atoms with E-state index in [0.29, 0.717) is 103 Å². The lowest BCUT2D eigenvalue weighted by Crippen LogP contribution is -2.53. The van der Waals surface area contributed by atoms with Crippen molar-refractivity contribution in [2.75, 3.05) is 66.2 Å². The number of fused-ring (bicyclic) bond motifs is 1. The van der Waals surface area contributed by atoms with E-state index in [2.05, 4.69) is 47.5 Å². The number of ether oxygens (including phenoxy) is 7. The molecular formula is C90H135N11O21. The lowest BCUT2D eigenvalue weighted by molar-refractivity contribution is -0.159. The minimum absolute atomic E-state index is 0.00633. The summed E-state index contributed by atoms with van der Waals surface area (Å²) in [6.45, 7) is 16.3. The minimum atomic E-state index is -1.26. The van der Waals surface area contributed by atoms with Gasteiger partial charge in [0, 0.05) is 108 Å². The Morgan fingerprint density at radius 1 is 0.508 bits per heavy atom. The average Bonchev–Trinajstić information content (AvgIpc) is 1.66. The van der Waals surface area contributed by atoms with Crippen molar-refractivity contribution in [1.82, 2.24) is 57.3 Å². The number of aliphatic carboxylic acids is 1. The molecule has 2 heterocycles. The van der Waals surface area contributed by atoms with Crippen molar-refractivity contribution in [3.63, 3.8) is 0 Å². The summed E-state index contributed by atoms with van der Waals surface area (Å²) in [4.78, 5) is 179. The van der Waals surface area contributed by atoms with Gasteiger partial charge in [-0.25, -0.2) is 14.4 Å². The predicted octanol–water partition coefficient (Wildman–Crippen LogP) is 8.35. The first kappa shape index (κ1) is 98.0. The Morgan fingerprint density at radius 3 is 1.55 bits per heavy atom. The first-order valence-electron chi connectivity index (χ1n) is 44.1. The summed E-state index contributed by atoms with van der Waals surface area (Å²) in [6.07, 6.45) is 16.3. The second kappa shape index (κ2) is 48.6. The molecular weight excluding hydrogens is 1570 g/mol. The zero-order chi connectivity index (χ0) is 88.5. The Bertz CT molecular complexity index is 3930. The topological polar surface area (TPSA) is 422 Å². The fourth-order valence-corrected chi connectivity index (χ4v) is 16.4. The van der Waals surface area contributed by atoms with Crippen LogP contribution < -0.4 is 42.5 Å². The van der Waals surface area contributed by atoms with Gasteiger partial charge >= 0.3 is 29.9 Å². The molecule has 5 fully saturated rings. The molecule has 8 rings (SSSR count). The second-order valence-electron chi connectivity index (χ2n) is 36.1. The highest BCUT2D eigenvalue weighted by molar-refractivity contribution is 5.92. The standard InChI is InChI=1S/C90H135N11O21/c1-88(2,3)120-79(108)43-42-72(86(114)122-90(7,8)9)99-87(115)98-71(85(113)121-89(4,5)6)21-13-14-45-93-83(111)73(53-58-24-25-59-18-11-12-19-62(59)52-58)97-81(109)60-26-30-64(31-27-60)95-74(102)22-16-48-116-66-34-38-68(39-35-66)118-50-46-92-76(104)56-101(57-78(106)107)84(112)61-28-32-65(33-29-61)96-75(103)23-17-49-117-67-36-40-69(41-37-67)119-51-47-94-82(110)70-54-77(105)100(10)80(70)63-20-15-44-91-55-63/h11-12,15,18-20,24-25,44,52,55,60-61,64-73,80H,13-14,16-17,21-23,26-43,45-51,53-54,56-57H2,1-10H3,(H,92,104)(H,93,111)(H,94,110)(H,95,102)(H,96,103)(H,97,109)(H,106,107)(H2,98,99,115)/t60?,61?,64?,65?,66?,67?,68?,69?,70-,71-,72-,73-,80+/m0/s1. The number of hydrogen-bond acceptors (Lipinski definition) is 21. The number of benzene rings is 2. The van der Waals surface area contributed by atoms with Crippen molar-refractivity contribution in [2.24, 2.45) is 17.8 Å². The number of likely N-dealkylation sites (tertiary alicyclic amines) is 1. The van der Waals surface area contributed by atoms with Gasteiger partial charge in [0.2, 0.25) is 47.3 Å². The van der Waals surface area contributed by atoms with E-state index in [1.165, 1.54) is 0 Å². The van der Waals surface area contributed by atoms with Gasteiger partial charge in [0.05, 0.1) is 49.6 Å². The number of amides is 10. The molecule has 1 aromatic heterocycles. The molecule has 122 heavy (non-hydrogen) atoms. The number of urea groups is 1. The fraction of sp³-hybridized carbons (Fsp3) is 0.689. The van der Waals surface area contributed by atoms with Crippen LogP contribution in [0.1, 0.15) is 246 Å². The van der Waals surface area contributed by atoms with E-state index in [0.717, 1.165) is 78.2 Å². The van der Waals surface area contributed by atoms with Gasteiger partial charge < -0.3 is 90.6 Å². The number of carboxylic acid groups (broad SMARTS) is 1. The van der Waals surface area contributed by atoms with Crippen LogP contribution in [0.5, 0.6) is 0 Å². The van der Waals surface area contributed by atoms with Crippen LogP contribution in [0.25, 0.3) is 10.8 Å². The van der Waals surface area contributed by atoms with E-state index in [4.69, 9.17) is 33.2 Å². The number of carboxylic acids is 1. The van der Waals surface area contributed by atoms with Crippen LogP contribution in [-0.4, -0.2) is 235 Å². The normalized spacial score (nSPS) is 22.0. The van der Waals surface area contributed by atoms with Crippen LogP contribution in [0, 0.1) is 17.8 Å². The van der Waals surface area contributed by atoms with E-state index >= 15 is 0 Å². The summed E-state index contributed by atoms with van der Waals surface area (Å²) >= 11 is 0. The number of unbranched alkanes of at least 4 members (excludes halogenated alkanes) is 1. The summed E-state index contributed by atoms with van der Waals surface area (Å²) in [5, 5.41) is 34.9. The van der Waals surface area contributed by atoms with Gasteiger partial charge in [-0.2, -0.15) is 0 Å². The highest BCUT2D eigenvalue weighted by Crippen LogP contribution is 2.37. The van der Waals surface area contributed by atoms with Gasteiger partial charge in [0.15, 0.2) is 0 Å². The summed E-state index contributed by atoms with van der Waals surface area (Å²) in [5.41, 5.74) is -0.911. The molecule has 2 aromatic carbocycles. The van der Waals surface area contributed by atoms with Crippen LogP contribution in [-0.2, 0) is 97.1 Å². The van der Waals surface area contributed by atoms with Crippen molar-refractivity contribution in [3.05, 3.63) is 78.1 Å². The lowest BCUT2D eigenvalue weighted by atomic mass is 9.85. The third kappa shape index (κ3) is 35.1. The molecule has 4 saturated carbocycles. The maximum atomic E-state index is 14.1. The van der Waals surface area contributed by atoms with Crippen molar-refractivity contribution in [3.8, 4) is 0 Å². The number of nitrogens with one attached hydrogen (secondary N) is 8. The van der Waals surface area contributed by atoms with Gasteiger partial charge in [-0.15, -0.1) is 0 Å². The SMILES string of the molecule is CN1C(=O)C[C@H](C(=O)NCCOC2CCC(OCCCC(=O)NC3CCC(C(=O)N(CC(=O)O)CC(=O)NCCOC4CCC(OCCCC(=O)NC5CCC(C(=O)N[C@@H](Cc6ccc7ccccc7c6)C(=O)NCCCC[C@H](NC(=O)N[C@@H](CCC(=O)OC(C)(C)C)C(=O)OC(C)(C)C)C(=O)OC(C)(C)C)CC5)CC4)CC3)CC2)[C@H]1c1cccnc1. The Balaban J connectivity index is 0.653. The third-order valence-corrected chi connectivity index (χ3v) is 22.6. The molecule has 4 aliphatic carbocycles. The van der Waals surface area contributed by atoms with Gasteiger partial charge in [-0.1, -0.05) is 48.5 Å². The molecule has 32 heteroatoms. The molecule has 0 bridgehead atoms. The Labute approximate surface area is 717 Å². The van der Waals surface area contributed by atoms with Crippen molar-refractivity contribution < 1.29 is 101 Å². The van der Waals surface area contributed by atoms with Crippen LogP contribution in [0.3, 0.4) is 0 Å². The number of esters is 3. The number of aromatic nitrogens is 1. The molecule has 676 valence electrons. The summed E-state index contributed by atoms with van der Waals surface area (Å²) in [5.74, 6) is -6.68. The zero-order valence-corrected chi connectivity index (χ0v) is 73.3. The average molecular weight is 1710 g/mol. The molecule has 32 nitrogen and oxygen atoms in total. The monoisotopic (exact) mass is 1710 g/mol. The molecule has 1 aliphatic heterocycles. The van der Waals surface area contributed by atoms with E-state index in [9.17, 15) is 67.4 Å². The summed E-state index contributed by atoms with van der Waals surface area (Å²) in [7, 11) is 1.71. The smallest absolute Gasteiger partial charge is 0.329 e. The van der Waals surface area contributed by atoms with Crippen LogP contribution in [0.2, 0.25) is 0 Å². The Kier molecular flexibility index (Phi) is 39.1. The third-order valence-electron chi connectivity index (χ3n) is 22.6. The van der Waals surface area contributed by atoms with Crippen LogP contribution in [0.4, 0.5) is 4.79 Å². The number of nitrogens with zero attached hydrogens (tertiary/aromatic N) is 3. The van der Waals surface area contributed by atoms with E-state index in [1.807, 2.05) is 48.5 Å². The molecule has 0 spiro atoms. The largest absolute Gasteiger partial charge is 0.480 e. The van der Waals surface area contributed by atoms with Crippen molar-refractivity contribution in [2.45, 2.75) is 313 Å². The number of carbonyl (C=O) groups excluding carboxylic acids is 12. The number of carbonyl (C=O) groups is 13. The van der Waals surface area contributed by atoms with Crippen molar-refractivity contribution in [1.29, 1.82) is 0 Å². The van der Waals surface area contributed by atoms with Gasteiger partial charge in [0.1, 0.15) is 48.0 Å². The Morgan fingerprint density at radius 2 is 1.02 bits per heavy atom. The quantitative estimate of drug-likeness (QED) is 0.0146. The van der Waals surface area contributed by atoms with Crippen LogP contribution >= 0.6 is 0 Å². The maximum absolute atomic E-state index is 14.1. The molecule has 9 N–H and O–H groups in total. The van der Waals surface area contributed by atoms with E-state index < -0.39 is 107 Å². The number of pyridine rings is 1. The van der Waals surface area contributed by atoms with Crippen molar-refractivity contribution >= 4 is 87.9 Å². The molecule has 0 unspecified atom stereocenters. The summed E-state index contributed by atoms with van der Waals surface area (Å²) < 4.78 is 41.1. The molecule has 5 atom stereocenters. The van der Waals surface area contributed by atoms with Gasteiger partial charge in [-0.05, 0) is 232 Å². The molecule has 5 aliphatic rings. The lowest BCUT2D eigenvalue weighted by Gasteiger charge is -2.32. The van der Waals surface area contributed by atoms with E-state index in [1.54, 1.807) is 92.7 Å². The highest BCUT2D eigenvalue weighted by Gasteiger charge is 2.43. The molecule has 3 aromatic rings.